The van der Waals surface area contributed by atoms with Crippen LogP contribution < -0.4 is 5.48 Å². The fraction of sp³-hybridized carbons (Fsp3) is 1.00. The zero-order valence-corrected chi connectivity index (χ0v) is 3.90. The third kappa shape index (κ3) is 0.698. The highest BCUT2D eigenvalue weighted by Gasteiger charge is 2.06. The topological polar surface area (TPSA) is 21.3 Å². The first-order chi connectivity index (χ1) is 2.89. The summed E-state index contributed by atoms with van der Waals surface area (Å²) in [5.41, 5.74) is 2.77. The molecule has 0 amide bonds. The van der Waals surface area contributed by atoms with E-state index in [-0.39, 0.29) is 0 Å². The second-order valence-electron chi connectivity index (χ2n) is 1.61. The van der Waals surface area contributed by atoms with Crippen LogP contribution in [-0.2, 0) is 4.84 Å². The van der Waals surface area contributed by atoms with E-state index in [0.717, 1.165) is 13.0 Å². The number of nitrogens with one attached hydrogen (secondary N) is 1. The van der Waals surface area contributed by atoms with Crippen LogP contribution in [0.25, 0.3) is 0 Å². The molecule has 0 spiro atoms. The van der Waals surface area contributed by atoms with E-state index in [1.54, 1.807) is 0 Å². The Labute approximate surface area is 37.4 Å². The highest BCUT2D eigenvalue weighted by atomic mass is 16.7. The van der Waals surface area contributed by atoms with Gasteiger partial charge in [-0.25, -0.2) is 5.48 Å². The van der Waals surface area contributed by atoms with Gasteiger partial charge in [0.15, 0.2) is 0 Å². The lowest BCUT2D eigenvalue weighted by atomic mass is 10.3. The lowest BCUT2D eigenvalue weighted by Gasteiger charge is -1.93. The van der Waals surface area contributed by atoms with Gasteiger partial charge in [0.2, 0.25) is 0 Å². The van der Waals surface area contributed by atoms with E-state index in [2.05, 4.69) is 12.4 Å². The van der Waals surface area contributed by atoms with Crippen molar-refractivity contribution in [1.29, 1.82) is 0 Å². The van der Waals surface area contributed by atoms with Gasteiger partial charge in [-0.15, -0.1) is 0 Å². The molecule has 0 saturated carbocycles. The Morgan fingerprint density at radius 3 is 2.83 bits per heavy atom. The van der Waals surface area contributed by atoms with Gasteiger partial charge in [0.25, 0.3) is 0 Å². The molecule has 1 rings (SSSR count). The molecule has 36 valence electrons. The van der Waals surface area contributed by atoms with E-state index >= 15 is 0 Å². The third-order valence-electron chi connectivity index (χ3n) is 0.937. The average molecular weight is 87.1 g/mol. The highest BCUT2D eigenvalue weighted by molar-refractivity contribution is 4.54. The SMILES string of the molecule is C[C@H]1CCNO1. The van der Waals surface area contributed by atoms with E-state index in [4.69, 9.17) is 4.84 Å². The molecule has 0 aromatic heterocycles. The van der Waals surface area contributed by atoms with E-state index in [9.17, 15) is 0 Å². The number of rotatable bonds is 0. The number of hydrogen-bond donors (Lipinski definition) is 1. The Morgan fingerprint density at radius 2 is 2.67 bits per heavy atom. The van der Waals surface area contributed by atoms with E-state index in [1.165, 1.54) is 0 Å². The second-order valence-corrected chi connectivity index (χ2v) is 1.61. The highest BCUT2D eigenvalue weighted by Crippen LogP contribution is 1.98. The predicted molar refractivity (Wildman–Crippen MR) is 23.2 cm³/mol. The standard InChI is InChI=1S/C4H9NO/c1-4-2-3-5-6-4/h4-5H,2-3H2,1H3/t4-/m0/s1. The van der Waals surface area contributed by atoms with Crippen LogP contribution in [0.2, 0.25) is 0 Å². The first kappa shape index (κ1) is 4.09. The first-order valence-corrected chi connectivity index (χ1v) is 2.28. The third-order valence-corrected chi connectivity index (χ3v) is 0.937. The van der Waals surface area contributed by atoms with Crippen molar-refractivity contribution in [1.82, 2.24) is 5.48 Å². The number of hydrogen-bond acceptors (Lipinski definition) is 2. The van der Waals surface area contributed by atoms with Gasteiger partial charge in [0, 0.05) is 6.54 Å². The Balaban J connectivity index is 2.18. The summed E-state index contributed by atoms with van der Waals surface area (Å²) in [7, 11) is 0. The second kappa shape index (κ2) is 1.58. The van der Waals surface area contributed by atoms with Crippen LogP contribution >= 0.6 is 0 Å². The maximum Gasteiger partial charge on any atom is 0.0775 e. The smallest absolute Gasteiger partial charge is 0.0775 e. The molecule has 0 unspecified atom stereocenters. The van der Waals surface area contributed by atoms with E-state index in [0.29, 0.717) is 6.10 Å². The quantitative estimate of drug-likeness (QED) is 0.459. The van der Waals surface area contributed by atoms with Crippen molar-refractivity contribution < 1.29 is 4.84 Å². The minimum atomic E-state index is 0.435. The van der Waals surface area contributed by atoms with Gasteiger partial charge < -0.3 is 0 Å². The molecule has 0 aromatic carbocycles. The molecular weight excluding hydrogens is 78.0 g/mol. The summed E-state index contributed by atoms with van der Waals surface area (Å²) in [6.07, 6.45) is 1.59. The summed E-state index contributed by atoms with van der Waals surface area (Å²) >= 11 is 0. The molecule has 6 heavy (non-hydrogen) atoms. The molecule has 1 aliphatic rings. The molecule has 1 saturated heterocycles. The fourth-order valence-electron chi connectivity index (χ4n) is 0.522. The van der Waals surface area contributed by atoms with E-state index < -0.39 is 0 Å². The van der Waals surface area contributed by atoms with Crippen LogP contribution in [0, 0.1) is 0 Å². The van der Waals surface area contributed by atoms with Gasteiger partial charge in [-0.3, -0.25) is 4.84 Å². The summed E-state index contributed by atoms with van der Waals surface area (Å²) in [4.78, 5) is 4.90. The van der Waals surface area contributed by atoms with Crippen molar-refractivity contribution in [2.75, 3.05) is 6.54 Å². The summed E-state index contributed by atoms with van der Waals surface area (Å²) < 4.78 is 0. The average Bonchev–Trinajstić information content (AvgIpc) is 1.86. The molecule has 0 radical (unpaired) electrons. The lowest BCUT2D eigenvalue weighted by molar-refractivity contribution is 0.0453. The molecule has 2 heteroatoms. The van der Waals surface area contributed by atoms with Gasteiger partial charge >= 0.3 is 0 Å². The Kier molecular flexibility index (Phi) is 1.08. The van der Waals surface area contributed by atoms with Gasteiger partial charge in [-0.1, -0.05) is 0 Å². The molecule has 0 bridgehead atoms. The molecule has 1 aliphatic heterocycles. The summed E-state index contributed by atoms with van der Waals surface area (Å²) in [6, 6.07) is 0. The molecule has 0 aliphatic carbocycles. The Bertz CT molecular complexity index is 40.8. The van der Waals surface area contributed by atoms with Crippen LogP contribution in [-0.4, -0.2) is 12.6 Å². The van der Waals surface area contributed by atoms with Crippen molar-refractivity contribution >= 4 is 0 Å². The van der Waals surface area contributed by atoms with Crippen LogP contribution in [0.5, 0.6) is 0 Å². The molecule has 0 aromatic rings. The monoisotopic (exact) mass is 87.1 g/mol. The molecule has 1 fully saturated rings. The normalized spacial score (nSPS) is 34.5. The fourth-order valence-corrected chi connectivity index (χ4v) is 0.522. The Morgan fingerprint density at radius 1 is 1.83 bits per heavy atom. The van der Waals surface area contributed by atoms with Crippen LogP contribution in [0.3, 0.4) is 0 Å². The van der Waals surface area contributed by atoms with Crippen LogP contribution in [0.4, 0.5) is 0 Å². The molecule has 1 N–H and O–H groups in total. The van der Waals surface area contributed by atoms with Crippen molar-refractivity contribution in [3.05, 3.63) is 0 Å². The maximum absolute atomic E-state index is 4.90. The summed E-state index contributed by atoms with van der Waals surface area (Å²) in [5, 5.41) is 0. The zero-order chi connectivity index (χ0) is 4.41. The predicted octanol–water partition coefficient (Wildman–Crippen LogP) is 0.300. The largest absolute Gasteiger partial charge is 0.299 e. The minimum absolute atomic E-state index is 0.435. The Hall–Kier alpha value is -0.0800. The van der Waals surface area contributed by atoms with Gasteiger partial charge in [0.1, 0.15) is 0 Å². The van der Waals surface area contributed by atoms with Gasteiger partial charge in [-0.05, 0) is 13.3 Å². The van der Waals surface area contributed by atoms with Crippen molar-refractivity contribution in [2.45, 2.75) is 19.4 Å². The van der Waals surface area contributed by atoms with Crippen LogP contribution in [0.1, 0.15) is 13.3 Å². The van der Waals surface area contributed by atoms with Crippen molar-refractivity contribution in [3.63, 3.8) is 0 Å². The summed E-state index contributed by atoms with van der Waals surface area (Å²) in [6.45, 7) is 3.07. The van der Waals surface area contributed by atoms with Gasteiger partial charge in [0.05, 0.1) is 6.10 Å². The first-order valence-electron chi connectivity index (χ1n) is 2.28. The van der Waals surface area contributed by atoms with Crippen molar-refractivity contribution in [2.24, 2.45) is 0 Å². The van der Waals surface area contributed by atoms with Crippen LogP contribution in [0.15, 0.2) is 0 Å². The molecule has 1 heterocycles. The summed E-state index contributed by atoms with van der Waals surface area (Å²) in [5.74, 6) is 0. The molecule has 2 nitrogen and oxygen atoms in total. The van der Waals surface area contributed by atoms with Crippen molar-refractivity contribution in [3.8, 4) is 0 Å². The van der Waals surface area contributed by atoms with E-state index in [1.807, 2.05) is 0 Å². The maximum atomic E-state index is 4.90. The van der Waals surface area contributed by atoms with Gasteiger partial charge in [-0.2, -0.15) is 0 Å². The molecule has 1 atom stereocenters. The number of hydroxylamine groups is 1. The lowest BCUT2D eigenvalue weighted by Crippen LogP contribution is -2.05. The minimum Gasteiger partial charge on any atom is -0.299 e. The molecular formula is C4H9NO. The zero-order valence-electron chi connectivity index (χ0n) is 3.90.